The molecule has 3 aromatic heterocycles. The number of nitrogens with one attached hydrogen (secondary N) is 1. The van der Waals surface area contributed by atoms with Crippen molar-refractivity contribution in [3.63, 3.8) is 0 Å². The lowest BCUT2D eigenvalue weighted by Gasteiger charge is -2.35. The summed E-state index contributed by atoms with van der Waals surface area (Å²) in [6.45, 7) is 2.52. The highest BCUT2D eigenvalue weighted by molar-refractivity contribution is 5.94. The Kier molecular flexibility index (Phi) is 4.61. The Morgan fingerprint density at radius 1 is 0.926 bits per heavy atom. The van der Waals surface area contributed by atoms with Gasteiger partial charge in [-0.3, -0.25) is 14.6 Å². The fraction of sp³-hybridized carbons (Fsp3) is 0.211. The number of pyridine rings is 2. The number of hydrogen-bond donors (Lipinski definition) is 1. The molecule has 0 saturated carbocycles. The van der Waals surface area contributed by atoms with Crippen LogP contribution in [0.25, 0.3) is 11.4 Å². The van der Waals surface area contributed by atoms with Gasteiger partial charge < -0.3 is 14.8 Å². The quantitative estimate of drug-likeness (QED) is 0.752. The summed E-state index contributed by atoms with van der Waals surface area (Å²) in [6, 6.07) is 12.4. The van der Waals surface area contributed by atoms with Gasteiger partial charge in [0.25, 0.3) is 5.91 Å². The van der Waals surface area contributed by atoms with Crippen molar-refractivity contribution in [1.29, 1.82) is 0 Å². The van der Waals surface area contributed by atoms with E-state index in [1.807, 2.05) is 30.3 Å². The van der Waals surface area contributed by atoms with Crippen LogP contribution in [0.2, 0.25) is 0 Å². The molecule has 27 heavy (non-hydrogen) atoms. The third-order valence-corrected chi connectivity index (χ3v) is 4.50. The molecule has 8 heteroatoms. The molecule has 0 unspecified atom stereocenters. The molecule has 1 fully saturated rings. The van der Waals surface area contributed by atoms with Gasteiger partial charge in [0.2, 0.25) is 5.56 Å². The van der Waals surface area contributed by atoms with E-state index in [1.54, 1.807) is 17.2 Å². The summed E-state index contributed by atoms with van der Waals surface area (Å²) in [5, 5.41) is 8.57. The lowest BCUT2D eigenvalue weighted by Crippen LogP contribution is -2.49. The Balaban J connectivity index is 1.39. The highest BCUT2D eigenvalue weighted by atomic mass is 16.2. The molecule has 1 amide bonds. The van der Waals surface area contributed by atoms with Crippen molar-refractivity contribution in [1.82, 2.24) is 25.1 Å². The van der Waals surface area contributed by atoms with E-state index in [-0.39, 0.29) is 11.5 Å². The van der Waals surface area contributed by atoms with Crippen molar-refractivity contribution < 1.29 is 4.79 Å². The van der Waals surface area contributed by atoms with Crippen LogP contribution in [0.4, 0.5) is 5.82 Å². The van der Waals surface area contributed by atoms with E-state index in [1.165, 1.54) is 12.3 Å². The molecule has 0 spiro atoms. The molecule has 0 atom stereocenters. The predicted octanol–water partition coefficient (Wildman–Crippen LogP) is 1.19. The topological polar surface area (TPSA) is 95.1 Å². The second-order valence-electron chi connectivity index (χ2n) is 6.21. The molecular weight excluding hydrogens is 344 g/mol. The maximum atomic E-state index is 12.5. The first-order chi connectivity index (χ1) is 13.2. The normalized spacial score (nSPS) is 14.2. The zero-order valence-corrected chi connectivity index (χ0v) is 14.6. The molecule has 4 rings (SSSR count). The first-order valence-corrected chi connectivity index (χ1v) is 8.69. The van der Waals surface area contributed by atoms with Crippen LogP contribution in [0.3, 0.4) is 0 Å². The monoisotopic (exact) mass is 362 g/mol. The summed E-state index contributed by atoms with van der Waals surface area (Å²) in [4.78, 5) is 34.3. The molecule has 0 radical (unpaired) electrons. The van der Waals surface area contributed by atoms with Crippen molar-refractivity contribution in [3.8, 4) is 11.4 Å². The fourth-order valence-electron chi connectivity index (χ4n) is 3.01. The molecule has 0 aromatic carbocycles. The summed E-state index contributed by atoms with van der Waals surface area (Å²) in [5.74, 6) is 0.702. The van der Waals surface area contributed by atoms with Crippen LogP contribution in [0.1, 0.15) is 10.4 Å². The van der Waals surface area contributed by atoms with Crippen LogP contribution in [-0.4, -0.2) is 57.2 Å². The summed E-state index contributed by atoms with van der Waals surface area (Å²) in [5.41, 5.74) is 1.78. The number of rotatable bonds is 3. The van der Waals surface area contributed by atoms with Crippen LogP contribution in [0.5, 0.6) is 0 Å². The molecule has 136 valence electrons. The molecule has 0 bridgehead atoms. The third kappa shape index (κ3) is 3.69. The number of amides is 1. The van der Waals surface area contributed by atoms with Crippen molar-refractivity contribution in [3.05, 3.63) is 70.8 Å². The van der Waals surface area contributed by atoms with Crippen molar-refractivity contribution in [2.45, 2.75) is 0 Å². The minimum absolute atomic E-state index is 0.0810. The lowest BCUT2D eigenvalue weighted by atomic mass is 10.2. The van der Waals surface area contributed by atoms with Crippen LogP contribution >= 0.6 is 0 Å². The number of aromatic amines is 1. The van der Waals surface area contributed by atoms with Crippen LogP contribution in [-0.2, 0) is 0 Å². The third-order valence-electron chi connectivity index (χ3n) is 4.50. The highest BCUT2D eigenvalue weighted by Crippen LogP contribution is 2.18. The maximum Gasteiger partial charge on any atom is 0.255 e. The van der Waals surface area contributed by atoms with Gasteiger partial charge in [-0.15, -0.1) is 10.2 Å². The van der Waals surface area contributed by atoms with E-state index in [0.29, 0.717) is 31.7 Å². The zero-order chi connectivity index (χ0) is 18.6. The second kappa shape index (κ2) is 7.36. The standard InChI is InChI=1S/C19H18N6O2/c26-18-7-4-14(13-21-18)19(27)25-11-9-24(10-12-25)17-6-5-16(22-23-17)15-3-1-2-8-20-15/h1-8,13H,9-12H2,(H,21,26). The summed E-state index contributed by atoms with van der Waals surface area (Å²) < 4.78 is 0. The Morgan fingerprint density at radius 3 is 2.41 bits per heavy atom. The molecule has 4 heterocycles. The number of piperazine rings is 1. The molecule has 1 saturated heterocycles. The molecule has 1 N–H and O–H groups in total. The fourth-order valence-corrected chi connectivity index (χ4v) is 3.01. The number of anilines is 1. The maximum absolute atomic E-state index is 12.5. The van der Waals surface area contributed by atoms with Crippen LogP contribution in [0, 0.1) is 0 Å². The SMILES string of the molecule is O=C(c1ccc(=O)[nH]c1)N1CCN(c2ccc(-c3ccccn3)nn2)CC1. The Hall–Kier alpha value is -3.55. The number of hydrogen-bond acceptors (Lipinski definition) is 6. The Labute approximate surface area is 155 Å². The van der Waals surface area contributed by atoms with E-state index >= 15 is 0 Å². The number of nitrogens with zero attached hydrogens (tertiary/aromatic N) is 5. The van der Waals surface area contributed by atoms with Crippen LogP contribution < -0.4 is 10.5 Å². The van der Waals surface area contributed by atoms with Gasteiger partial charge in [-0.2, -0.15) is 0 Å². The van der Waals surface area contributed by atoms with Gasteiger partial charge >= 0.3 is 0 Å². The van der Waals surface area contributed by atoms with E-state index in [4.69, 9.17) is 0 Å². The van der Waals surface area contributed by atoms with Gasteiger partial charge in [0.05, 0.1) is 11.3 Å². The number of aromatic nitrogens is 4. The molecule has 0 aliphatic carbocycles. The number of carbonyl (C=O) groups is 1. The van der Waals surface area contributed by atoms with Gasteiger partial charge in [0, 0.05) is 44.6 Å². The minimum atomic E-state index is -0.218. The van der Waals surface area contributed by atoms with Gasteiger partial charge in [-0.25, -0.2) is 0 Å². The minimum Gasteiger partial charge on any atom is -0.352 e. The summed E-state index contributed by atoms with van der Waals surface area (Å²) >= 11 is 0. The summed E-state index contributed by atoms with van der Waals surface area (Å²) in [7, 11) is 0. The van der Waals surface area contributed by atoms with Gasteiger partial charge in [-0.05, 0) is 30.3 Å². The first kappa shape index (κ1) is 16.9. The Morgan fingerprint density at radius 2 is 1.78 bits per heavy atom. The predicted molar refractivity (Wildman–Crippen MR) is 100 cm³/mol. The molecule has 1 aliphatic heterocycles. The molecule has 8 nitrogen and oxygen atoms in total. The number of carbonyl (C=O) groups excluding carboxylic acids is 1. The van der Waals surface area contributed by atoms with E-state index in [0.717, 1.165) is 17.2 Å². The van der Waals surface area contributed by atoms with Crippen molar-refractivity contribution >= 4 is 11.7 Å². The highest BCUT2D eigenvalue weighted by Gasteiger charge is 2.23. The smallest absolute Gasteiger partial charge is 0.255 e. The average molecular weight is 362 g/mol. The van der Waals surface area contributed by atoms with E-state index < -0.39 is 0 Å². The van der Waals surface area contributed by atoms with Crippen molar-refractivity contribution in [2.24, 2.45) is 0 Å². The largest absolute Gasteiger partial charge is 0.352 e. The summed E-state index contributed by atoms with van der Waals surface area (Å²) in [6.07, 6.45) is 3.18. The second-order valence-corrected chi connectivity index (χ2v) is 6.21. The van der Waals surface area contributed by atoms with Crippen LogP contribution in [0.15, 0.2) is 59.7 Å². The Bertz CT molecular complexity index is 959. The average Bonchev–Trinajstić information content (AvgIpc) is 2.75. The van der Waals surface area contributed by atoms with Gasteiger partial charge in [0.15, 0.2) is 5.82 Å². The first-order valence-electron chi connectivity index (χ1n) is 8.69. The molecule has 3 aromatic rings. The van der Waals surface area contributed by atoms with Gasteiger partial charge in [-0.1, -0.05) is 6.07 Å². The zero-order valence-electron chi connectivity index (χ0n) is 14.6. The lowest BCUT2D eigenvalue weighted by molar-refractivity contribution is 0.0746. The van der Waals surface area contributed by atoms with Crippen molar-refractivity contribution in [2.75, 3.05) is 31.1 Å². The number of H-pyrrole nitrogens is 1. The molecule has 1 aliphatic rings. The van der Waals surface area contributed by atoms with Gasteiger partial charge in [0.1, 0.15) is 5.69 Å². The molecular formula is C19H18N6O2. The van der Waals surface area contributed by atoms with E-state index in [2.05, 4.69) is 25.1 Å². The van der Waals surface area contributed by atoms with E-state index in [9.17, 15) is 9.59 Å².